The first-order valence-corrected chi connectivity index (χ1v) is 15.0. The Bertz CT molecular complexity index is 1450. The average Bonchev–Trinajstić information content (AvgIpc) is 3.62. The number of aromatic nitrogens is 2. The van der Waals surface area contributed by atoms with Gasteiger partial charge in [0.05, 0.1) is 27.7 Å². The average molecular weight is 558 g/mol. The van der Waals surface area contributed by atoms with Crippen LogP contribution in [0.3, 0.4) is 0 Å². The SMILES string of the molecule is O=C1NCCCCC2(CCN(Cc3cccn3-c3nc4ccccc4s3)CC2)C(=O)NCCOc2ccccc21. The van der Waals surface area contributed by atoms with E-state index < -0.39 is 5.41 Å². The van der Waals surface area contributed by atoms with E-state index in [0.29, 0.717) is 31.0 Å². The lowest BCUT2D eigenvalue weighted by Crippen LogP contribution is -2.49. The van der Waals surface area contributed by atoms with Gasteiger partial charge in [-0.05, 0) is 75.2 Å². The first-order valence-electron chi connectivity index (χ1n) is 14.1. The number of fused-ring (bicyclic) bond motifs is 2. The third-order valence-electron chi connectivity index (χ3n) is 8.15. The number of carbonyl (C=O) groups excluding carboxylic acids is 2. The minimum atomic E-state index is -0.391. The van der Waals surface area contributed by atoms with Gasteiger partial charge in [-0.1, -0.05) is 42.0 Å². The van der Waals surface area contributed by atoms with E-state index in [0.717, 1.165) is 62.4 Å². The zero-order valence-electron chi connectivity index (χ0n) is 22.6. The molecule has 1 fully saturated rings. The summed E-state index contributed by atoms with van der Waals surface area (Å²) in [7, 11) is 0. The minimum absolute atomic E-state index is 0.115. The van der Waals surface area contributed by atoms with Gasteiger partial charge in [-0.25, -0.2) is 4.98 Å². The van der Waals surface area contributed by atoms with Gasteiger partial charge in [-0.2, -0.15) is 0 Å². The maximum absolute atomic E-state index is 13.5. The van der Waals surface area contributed by atoms with Gasteiger partial charge >= 0.3 is 0 Å². The second kappa shape index (κ2) is 11.8. The number of para-hydroxylation sites is 2. The molecular weight excluding hydrogens is 522 g/mol. The highest BCUT2D eigenvalue weighted by molar-refractivity contribution is 7.20. The summed E-state index contributed by atoms with van der Waals surface area (Å²) in [6, 6.07) is 19.7. The van der Waals surface area contributed by atoms with Crippen molar-refractivity contribution in [3.05, 3.63) is 78.1 Å². The van der Waals surface area contributed by atoms with Gasteiger partial charge in [0.1, 0.15) is 12.4 Å². The Morgan fingerprint density at radius 3 is 2.60 bits per heavy atom. The summed E-state index contributed by atoms with van der Waals surface area (Å²) in [5.41, 5.74) is 2.37. The van der Waals surface area contributed by atoms with Crippen LogP contribution in [0.1, 0.15) is 48.2 Å². The van der Waals surface area contributed by atoms with Crippen LogP contribution in [-0.2, 0) is 11.3 Å². The number of likely N-dealkylation sites (tertiary alicyclic amines) is 1. The van der Waals surface area contributed by atoms with E-state index in [9.17, 15) is 9.59 Å². The van der Waals surface area contributed by atoms with Crippen LogP contribution in [0.25, 0.3) is 15.3 Å². The number of nitrogens with one attached hydrogen (secondary N) is 2. The fraction of sp³-hybridized carbons (Fsp3) is 0.387. The van der Waals surface area contributed by atoms with E-state index >= 15 is 0 Å². The molecule has 6 rings (SSSR count). The van der Waals surface area contributed by atoms with E-state index in [-0.39, 0.29) is 11.8 Å². The molecular formula is C31H35N5O3S. The van der Waals surface area contributed by atoms with Crippen LogP contribution in [0.2, 0.25) is 0 Å². The Balaban J connectivity index is 1.10. The predicted octanol–water partition coefficient (Wildman–Crippen LogP) is 4.78. The smallest absolute Gasteiger partial charge is 0.255 e. The molecule has 208 valence electrons. The summed E-state index contributed by atoms with van der Waals surface area (Å²) in [5, 5.41) is 7.15. The lowest BCUT2D eigenvalue weighted by molar-refractivity contribution is -0.134. The molecule has 0 radical (unpaired) electrons. The van der Waals surface area contributed by atoms with Gasteiger partial charge in [0.2, 0.25) is 5.91 Å². The number of ether oxygens (including phenoxy) is 1. The third kappa shape index (κ3) is 5.62. The summed E-state index contributed by atoms with van der Waals surface area (Å²) in [4.78, 5) is 33.5. The molecule has 8 nitrogen and oxygen atoms in total. The summed E-state index contributed by atoms with van der Waals surface area (Å²) in [6.07, 6.45) is 6.27. The van der Waals surface area contributed by atoms with E-state index in [4.69, 9.17) is 9.72 Å². The summed E-state index contributed by atoms with van der Waals surface area (Å²) < 4.78 is 9.26. The quantitative estimate of drug-likeness (QED) is 0.379. The molecule has 2 amide bonds. The lowest BCUT2D eigenvalue weighted by Gasteiger charge is -2.41. The molecule has 0 unspecified atom stereocenters. The van der Waals surface area contributed by atoms with E-state index in [1.165, 1.54) is 10.4 Å². The monoisotopic (exact) mass is 557 g/mol. The fourth-order valence-electron chi connectivity index (χ4n) is 5.83. The van der Waals surface area contributed by atoms with Crippen LogP contribution < -0.4 is 15.4 Å². The molecule has 2 N–H and O–H groups in total. The van der Waals surface area contributed by atoms with Gasteiger partial charge in [-0.3, -0.25) is 19.1 Å². The van der Waals surface area contributed by atoms with Crippen LogP contribution >= 0.6 is 11.3 Å². The maximum atomic E-state index is 13.5. The molecule has 2 aliphatic heterocycles. The molecule has 2 aliphatic rings. The Kier molecular flexibility index (Phi) is 7.84. The van der Waals surface area contributed by atoms with Crippen molar-refractivity contribution in [1.29, 1.82) is 0 Å². The van der Waals surface area contributed by atoms with Crippen molar-refractivity contribution in [2.45, 2.75) is 38.6 Å². The Morgan fingerprint density at radius 2 is 1.73 bits per heavy atom. The molecule has 0 atom stereocenters. The molecule has 1 spiro atoms. The zero-order valence-corrected chi connectivity index (χ0v) is 23.4. The van der Waals surface area contributed by atoms with Crippen LogP contribution in [0, 0.1) is 5.41 Å². The van der Waals surface area contributed by atoms with Gasteiger partial charge in [0.15, 0.2) is 5.13 Å². The number of carbonyl (C=O) groups is 2. The molecule has 2 aromatic heterocycles. The largest absolute Gasteiger partial charge is 0.491 e. The van der Waals surface area contributed by atoms with Crippen molar-refractivity contribution in [3.63, 3.8) is 0 Å². The Labute approximate surface area is 238 Å². The second-order valence-electron chi connectivity index (χ2n) is 10.7. The number of rotatable bonds is 3. The molecule has 4 aromatic rings. The third-order valence-corrected chi connectivity index (χ3v) is 9.18. The van der Waals surface area contributed by atoms with Crippen molar-refractivity contribution in [3.8, 4) is 10.9 Å². The number of benzene rings is 2. The Hall–Kier alpha value is -3.69. The number of amides is 2. The van der Waals surface area contributed by atoms with E-state index in [2.05, 4.69) is 50.6 Å². The molecule has 2 aromatic carbocycles. The second-order valence-corrected chi connectivity index (χ2v) is 11.7. The van der Waals surface area contributed by atoms with Crippen LogP contribution in [0.4, 0.5) is 0 Å². The molecule has 0 saturated carbocycles. The highest BCUT2D eigenvalue weighted by atomic mass is 32.1. The number of thiazole rings is 1. The van der Waals surface area contributed by atoms with Gasteiger partial charge in [0, 0.05) is 25.0 Å². The van der Waals surface area contributed by atoms with Crippen molar-refractivity contribution in [2.75, 3.05) is 32.8 Å². The maximum Gasteiger partial charge on any atom is 0.255 e. The number of hydrogen-bond acceptors (Lipinski definition) is 6. The van der Waals surface area contributed by atoms with Crippen LogP contribution in [0.15, 0.2) is 66.9 Å². The van der Waals surface area contributed by atoms with Crippen molar-refractivity contribution in [1.82, 2.24) is 25.1 Å². The first-order chi connectivity index (χ1) is 19.6. The first kappa shape index (κ1) is 26.5. The summed E-state index contributed by atoms with van der Waals surface area (Å²) in [5.74, 6) is 0.559. The molecule has 0 bridgehead atoms. The zero-order chi connectivity index (χ0) is 27.4. The lowest BCUT2D eigenvalue weighted by atomic mass is 9.73. The molecule has 0 aliphatic carbocycles. The molecule has 40 heavy (non-hydrogen) atoms. The topological polar surface area (TPSA) is 88.5 Å². The van der Waals surface area contributed by atoms with E-state index in [1.54, 1.807) is 23.5 Å². The van der Waals surface area contributed by atoms with Gasteiger partial charge in [-0.15, -0.1) is 0 Å². The van der Waals surface area contributed by atoms with Crippen LogP contribution in [-0.4, -0.2) is 59.1 Å². The molecule has 1 saturated heterocycles. The van der Waals surface area contributed by atoms with Crippen molar-refractivity contribution in [2.24, 2.45) is 5.41 Å². The number of hydrogen-bond donors (Lipinski definition) is 2. The number of piperidine rings is 1. The summed E-state index contributed by atoms with van der Waals surface area (Å²) in [6.45, 7) is 3.86. The standard InChI is InChI=1S/C31H35N5O3S/c37-28-24-9-1-3-11-26(24)39-21-17-33-29(38)31(13-5-6-16-32-28)14-19-35(20-15-31)22-23-8-7-18-36(23)30-34-25-10-2-4-12-27(25)40-30/h1-4,7-12,18H,5-6,13-17,19-22H2,(H,32,37)(H,33,38). The highest BCUT2D eigenvalue weighted by Crippen LogP contribution is 2.38. The Morgan fingerprint density at radius 1 is 0.900 bits per heavy atom. The van der Waals surface area contributed by atoms with Crippen molar-refractivity contribution < 1.29 is 14.3 Å². The fourth-order valence-corrected chi connectivity index (χ4v) is 6.81. The van der Waals surface area contributed by atoms with Gasteiger partial charge in [0.25, 0.3) is 5.91 Å². The normalized spacial score (nSPS) is 18.9. The van der Waals surface area contributed by atoms with Crippen molar-refractivity contribution >= 4 is 33.4 Å². The van der Waals surface area contributed by atoms with Gasteiger partial charge < -0.3 is 15.4 Å². The molecule has 9 heteroatoms. The predicted molar refractivity (Wildman–Crippen MR) is 157 cm³/mol. The summed E-state index contributed by atoms with van der Waals surface area (Å²) >= 11 is 1.70. The molecule has 4 heterocycles. The number of nitrogens with zero attached hydrogens (tertiary/aromatic N) is 3. The van der Waals surface area contributed by atoms with E-state index in [1.807, 2.05) is 24.3 Å². The highest BCUT2D eigenvalue weighted by Gasteiger charge is 2.40. The minimum Gasteiger partial charge on any atom is -0.491 e. The van der Waals surface area contributed by atoms with Crippen LogP contribution in [0.5, 0.6) is 5.75 Å².